The van der Waals surface area contributed by atoms with Gasteiger partial charge in [0.05, 0.1) is 39.8 Å². The maximum atomic E-state index is 6.77. The average Bonchev–Trinajstić information content (AvgIpc) is 3.86. The van der Waals surface area contributed by atoms with Gasteiger partial charge in [-0.3, -0.25) is 16.0 Å². The number of nitrogens with one attached hydrogen (secondary N) is 3. The molecule has 51 heavy (non-hydrogen) atoms. The van der Waals surface area contributed by atoms with Crippen molar-refractivity contribution < 1.29 is 4.42 Å². The first-order valence-electron chi connectivity index (χ1n) is 17.6. The highest BCUT2D eigenvalue weighted by molar-refractivity contribution is 6.29. The molecule has 1 aliphatic rings. The minimum atomic E-state index is -0.295. The Morgan fingerprint density at radius 3 is 1.75 bits per heavy atom. The van der Waals surface area contributed by atoms with E-state index in [1.165, 1.54) is 27.4 Å². The lowest BCUT2D eigenvalue weighted by atomic mass is 10.1. The van der Waals surface area contributed by atoms with Gasteiger partial charge < -0.3 is 13.6 Å². The Balaban J connectivity index is 1.28. The molecule has 0 spiro atoms. The molecule has 6 nitrogen and oxygen atoms in total. The van der Waals surface area contributed by atoms with Gasteiger partial charge in [0, 0.05) is 32.6 Å². The molecule has 4 heterocycles. The molecule has 3 aromatic heterocycles. The third-order valence-corrected chi connectivity index (χ3v) is 10.6. The number of rotatable bonds is 4. The summed E-state index contributed by atoms with van der Waals surface area (Å²) in [5.41, 5.74) is 9.85. The monoisotopic (exact) mass is 659 g/mol. The van der Waals surface area contributed by atoms with Crippen LogP contribution in [0.25, 0.3) is 71.2 Å². The van der Waals surface area contributed by atoms with Crippen LogP contribution in [0.2, 0.25) is 0 Å². The van der Waals surface area contributed by atoms with Gasteiger partial charge in [-0.05, 0) is 47.5 Å². The van der Waals surface area contributed by atoms with Crippen LogP contribution in [0, 0.1) is 0 Å². The summed E-state index contributed by atoms with van der Waals surface area (Å²) < 4.78 is 11.7. The summed E-state index contributed by atoms with van der Waals surface area (Å²) in [4.78, 5) is 0. The molecule has 7 aromatic carbocycles. The van der Waals surface area contributed by atoms with Crippen LogP contribution < -0.4 is 16.0 Å². The minimum absolute atomic E-state index is 0.121. The molecule has 244 valence electrons. The van der Waals surface area contributed by atoms with Crippen molar-refractivity contribution in [3.8, 4) is 5.69 Å². The highest BCUT2D eigenvalue weighted by Crippen LogP contribution is 2.45. The molecule has 11 rings (SSSR count). The average molecular weight is 660 g/mol. The van der Waals surface area contributed by atoms with Crippen molar-refractivity contribution >= 4 is 65.6 Å². The van der Waals surface area contributed by atoms with Gasteiger partial charge in [0.15, 0.2) is 0 Å². The molecule has 1 fully saturated rings. The van der Waals surface area contributed by atoms with E-state index in [-0.39, 0.29) is 18.6 Å². The quantitative estimate of drug-likeness (QED) is 0.176. The van der Waals surface area contributed by atoms with Crippen molar-refractivity contribution in [1.82, 2.24) is 25.1 Å². The SMILES string of the molecule is c1ccc(C2NC(c3ccccc3)NC(n3c4ccc5c6ccccc6oc5c4c4ccc5c6ccccc6n(-c6ccccc6)c5c43)N2)cc1. The molecule has 10 aromatic rings. The molecule has 0 aliphatic carbocycles. The van der Waals surface area contributed by atoms with Crippen molar-refractivity contribution in [3.63, 3.8) is 0 Å². The molecule has 6 heteroatoms. The van der Waals surface area contributed by atoms with E-state index < -0.39 is 0 Å². The first-order chi connectivity index (χ1) is 25.3. The van der Waals surface area contributed by atoms with Crippen molar-refractivity contribution in [2.24, 2.45) is 0 Å². The maximum Gasteiger partial charge on any atom is 0.145 e. The van der Waals surface area contributed by atoms with Crippen LogP contribution in [0.1, 0.15) is 29.7 Å². The zero-order valence-electron chi connectivity index (χ0n) is 27.6. The third kappa shape index (κ3) is 4.28. The number of aromatic nitrogens is 2. The van der Waals surface area contributed by atoms with E-state index in [1.807, 2.05) is 6.07 Å². The predicted octanol–water partition coefficient (Wildman–Crippen LogP) is 10.4. The standard InChI is InChI=1S/C45H33N5O/c1-4-14-28(15-5-1)43-46-44(29-16-6-2-7-17-29)48-45(47-43)50-37-27-26-34-32-21-11-13-23-38(32)51-42(34)39(37)35-25-24-33-31-20-10-12-22-36(31)49(40(33)41(35)50)30-18-8-3-9-19-30/h1-27,43-48H. The second-order valence-electron chi connectivity index (χ2n) is 13.4. The van der Waals surface area contributed by atoms with Gasteiger partial charge in [-0.1, -0.05) is 127 Å². The number of fused-ring (bicyclic) bond motifs is 11. The number of hydrogen-bond donors (Lipinski definition) is 3. The van der Waals surface area contributed by atoms with Gasteiger partial charge in [0.1, 0.15) is 17.5 Å². The van der Waals surface area contributed by atoms with Gasteiger partial charge >= 0.3 is 0 Å². The number of furan rings is 1. The van der Waals surface area contributed by atoms with Gasteiger partial charge in [-0.25, -0.2) is 0 Å². The zero-order chi connectivity index (χ0) is 33.5. The summed E-state index contributed by atoms with van der Waals surface area (Å²) >= 11 is 0. The van der Waals surface area contributed by atoms with Crippen LogP contribution >= 0.6 is 0 Å². The Kier molecular flexibility index (Phi) is 6.27. The van der Waals surface area contributed by atoms with Crippen LogP contribution in [-0.4, -0.2) is 9.13 Å². The lowest BCUT2D eigenvalue weighted by Crippen LogP contribution is -2.56. The molecular weight excluding hydrogens is 627 g/mol. The number of nitrogens with zero attached hydrogens (tertiary/aromatic N) is 2. The third-order valence-electron chi connectivity index (χ3n) is 10.6. The summed E-state index contributed by atoms with van der Waals surface area (Å²) in [7, 11) is 0. The van der Waals surface area contributed by atoms with E-state index in [1.54, 1.807) is 0 Å². The normalized spacial score (nSPS) is 18.2. The van der Waals surface area contributed by atoms with Crippen molar-refractivity contribution in [2.45, 2.75) is 18.6 Å². The molecular formula is C45H33N5O. The Morgan fingerprint density at radius 2 is 1.02 bits per heavy atom. The molecule has 1 saturated heterocycles. The minimum Gasteiger partial charge on any atom is -0.455 e. The summed E-state index contributed by atoms with van der Waals surface area (Å²) in [5.74, 6) is 0. The van der Waals surface area contributed by atoms with Crippen molar-refractivity contribution in [2.75, 3.05) is 0 Å². The van der Waals surface area contributed by atoms with E-state index in [0.29, 0.717) is 0 Å². The van der Waals surface area contributed by atoms with E-state index in [4.69, 9.17) is 4.42 Å². The Bertz CT molecular complexity index is 2860. The van der Waals surface area contributed by atoms with E-state index in [0.717, 1.165) is 54.9 Å². The number of para-hydroxylation sites is 3. The van der Waals surface area contributed by atoms with E-state index >= 15 is 0 Å². The van der Waals surface area contributed by atoms with Gasteiger partial charge in [0.25, 0.3) is 0 Å². The second kappa shape index (κ2) is 11.2. The lowest BCUT2D eigenvalue weighted by molar-refractivity contribution is 0.161. The van der Waals surface area contributed by atoms with Crippen LogP contribution in [0.15, 0.2) is 168 Å². The van der Waals surface area contributed by atoms with Crippen LogP contribution in [0.3, 0.4) is 0 Å². The molecule has 2 atom stereocenters. The van der Waals surface area contributed by atoms with E-state index in [9.17, 15) is 0 Å². The Hall–Kier alpha value is -6.18. The Morgan fingerprint density at radius 1 is 0.431 bits per heavy atom. The first-order valence-corrected chi connectivity index (χ1v) is 17.6. The van der Waals surface area contributed by atoms with Crippen LogP contribution in [0.5, 0.6) is 0 Å². The topological polar surface area (TPSA) is 59.1 Å². The largest absolute Gasteiger partial charge is 0.455 e. The van der Waals surface area contributed by atoms with Gasteiger partial charge in [-0.15, -0.1) is 0 Å². The van der Waals surface area contributed by atoms with Crippen LogP contribution in [-0.2, 0) is 0 Å². The molecule has 3 N–H and O–H groups in total. The number of hydrogen-bond acceptors (Lipinski definition) is 4. The molecule has 0 amide bonds. The predicted molar refractivity (Wildman–Crippen MR) is 208 cm³/mol. The van der Waals surface area contributed by atoms with E-state index in [2.05, 4.69) is 183 Å². The fourth-order valence-corrected chi connectivity index (χ4v) is 8.41. The second-order valence-corrected chi connectivity index (χ2v) is 13.4. The zero-order valence-corrected chi connectivity index (χ0v) is 27.6. The highest BCUT2D eigenvalue weighted by atomic mass is 16.3. The fourth-order valence-electron chi connectivity index (χ4n) is 8.41. The summed E-state index contributed by atoms with van der Waals surface area (Å²) in [5, 5.41) is 18.8. The smallest absolute Gasteiger partial charge is 0.145 e. The molecule has 0 saturated carbocycles. The molecule has 1 aliphatic heterocycles. The summed E-state index contributed by atoms with van der Waals surface area (Å²) in [6.07, 6.45) is -0.537. The first kappa shape index (κ1) is 28.6. The summed E-state index contributed by atoms with van der Waals surface area (Å²) in [6, 6.07) is 58.2. The van der Waals surface area contributed by atoms with Crippen molar-refractivity contribution in [1.29, 1.82) is 0 Å². The van der Waals surface area contributed by atoms with Gasteiger partial charge in [-0.2, -0.15) is 0 Å². The lowest BCUT2D eigenvalue weighted by Gasteiger charge is -2.40. The maximum absolute atomic E-state index is 6.77. The molecule has 0 radical (unpaired) electrons. The highest BCUT2D eigenvalue weighted by Gasteiger charge is 2.33. The fraction of sp³-hybridized carbons (Fsp3) is 0.0667. The number of benzene rings is 7. The molecule has 0 bridgehead atoms. The Labute approximate surface area is 293 Å². The molecule has 2 unspecified atom stereocenters. The van der Waals surface area contributed by atoms with Gasteiger partial charge in [0.2, 0.25) is 0 Å². The summed E-state index contributed by atoms with van der Waals surface area (Å²) in [6.45, 7) is 0. The van der Waals surface area contributed by atoms with Crippen molar-refractivity contribution in [3.05, 3.63) is 175 Å². The van der Waals surface area contributed by atoms with Crippen LogP contribution in [0.4, 0.5) is 0 Å².